The Morgan fingerprint density at radius 1 is 1.03 bits per heavy atom. The molecule has 0 unspecified atom stereocenters. The highest BCUT2D eigenvalue weighted by Gasteiger charge is 2.29. The number of rotatable bonds is 6. The van der Waals surface area contributed by atoms with Crippen LogP contribution in [0.2, 0.25) is 0 Å². The summed E-state index contributed by atoms with van der Waals surface area (Å²) in [6.45, 7) is 0. The second kappa shape index (κ2) is 7.76. The normalized spacial score (nSPS) is 11.4. The van der Waals surface area contributed by atoms with E-state index < -0.39 is 9.84 Å². The molecule has 7 nitrogen and oxygen atoms in total. The van der Waals surface area contributed by atoms with Gasteiger partial charge in [0.05, 0.1) is 18.3 Å². The van der Waals surface area contributed by atoms with Gasteiger partial charge >= 0.3 is 0 Å². The van der Waals surface area contributed by atoms with Gasteiger partial charge in [0.2, 0.25) is 20.7 Å². The van der Waals surface area contributed by atoms with Crippen LogP contribution in [0.5, 0.6) is 5.75 Å². The number of sulfone groups is 1. The summed E-state index contributed by atoms with van der Waals surface area (Å²) in [6.07, 6.45) is 1.46. The molecular formula is C20H15BrN2O5S. The van der Waals surface area contributed by atoms with Crippen LogP contribution in [0.15, 0.2) is 90.2 Å². The zero-order chi connectivity index (χ0) is 20.4. The van der Waals surface area contributed by atoms with Crippen molar-refractivity contribution in [2.24, 2.45) is 0 Å². The average Bonchev–Trinajstić information content (AvgIpc) is 3.39. The maximum Gasteiger partial charge on any atom is 0.266 e. The number of hydrogen-bond acceptors (Lipinski definition) is 7. The van der Waals surface area contributed by atoms with Crippen molar-refractivity contribution in [1.29, 1.82) is 0 Å². The third-order valence-electron chi connectivity index (χ3n) is 4.05. The van der Waals surface area contributed by atoms with Gasteiger partial charge in [-0.15, -0.1) is 0 Å². The Balaban J connectivity index is 1.79. The van der Waals surface area contributed by atoms with E-state index in [1.807, 2.05) is 0 Å². The molecule has 4 rings (SSSR count). The van der Waals surface area contributed by atoms with E-state index in [0.717, 1.165) is 4.47 Å². The SMILES string of the molecule is COc1ccc(Nc2oc(-c3ccco3)nc2S(=O)(=O)c2ccc(Br)cc2)cc1. The van der Waals surface area contributed by atoms with Crippen molar-refractivity contribution in [3.8, 4) is 17.4 Å². The first kappa shape index (κ1) is 19.3. The second-order valence-electron chi connectivity index (χ2n) is 5.94. The first-order chi connectivity index (χ1) is 14.0. The van der Waals surface area contributed by atoms with Crippen LogP contribution in [0, 0.1) is 0 Å². The van der Waals surface area contributed by atoms with Crippen LogP contribution >= 0.6 is 15.9 Å². The lowest BCUT2D eigenvalue weighted by molar-refractivity contribution is 0.415. The standard InChI is InChI=1S/C20H15BrN2O5S/c1-26-15-8-6-14(7-9-15)22-19-20(23-18(28-19)17-3-2-12-27-17)29(24,25)16-10-4-13(21)5-11-16/h2-12,22H,1H3. The van der Waals surface area contributed by atoms with Gasteiger partial charge in [-0.05, 0) is 60.7 Å². The molecule has 9 heteroatoms. The van der Waals surface area contributed by atoms with Gasteiger partial charge in [-0.25, -0.2) is 8.42 Å². The van der Waals surface area contributed by atoms with Crippen molar-refractivity contribution in [2.45, 2.75) is 9.92 Å². The van der Waals surface area contributed by atoms with Gasteiger partial charge < -0.3 is 18.9 Å². The fourth-order valence-electron chi connectivity index (χ4n) is 2.60. The fraction of sp³-hybridized carbons (Fsp3) is 0.0500. The predicted molar refractivity (Wildman–Crippen MR) is 110 cm³/mol. The Morgan fingerprint density at radius 3 is 2.38 bits per heavy atom. The molecule has 2 aromatic heterocycles. The molecule has 0 radical (unpaired) electrons. The molecule has 0 aliphatic carbocycles. The van der Waals surface area contributed by atoms with Crippen molar-refractivity contribution in [1.82, 2.24) is 4.98 Å². The molecule has 4 aromatic rings. The highest BCUT2D eigenvalue weighted by atomic mass is 79.9. The third kappa shape index (κ3) is 3.92. The Bertz CT molecular complexity index is 1220. The molecule has 0 fully saturated rings. The lowest BCUT2D eigenvalue weighted by Gasteiger charge is -2.07. The summed E-state index contributed by atoms with van der Waals surface area (Å²) in [4.78, 5) is 4.30. The van der Waals surface area contributed by atoms with E-state index >= 15 is 0 Å². The van der Waals surface area contributed by atoms with E-state index in [4.69, 9.17) is 13.6 Å². The predicted octanol–water partition coefficient (Wildman–Crippen LogP) is 5.28. The van der Waals surface area contributed by atoms with Gasteiger partial charge in [0.1, 0.15) is 5.75 Å². The maximum absolute atomic E-state index is 13.2. The van der Waals surface area contributed by atoms with Gasteiger partial charge in [-0.2, -0.15) is 4.98 Å². The number of aromatic nitrogens is 1. The van der Waals surface area contributed by atoms with E-state index in [9.17, 15) is 8.42 Å². The summed E-state index contributed by atoms with van der Waals surface area (Å²) >= 11 is 3.31. The van der Waals surface area contributed by atoms with E-state index in [-0.39, 0.29) is 21.7 Å². The first-order valence-corrected chi connectivity index (χ1v) is 10.7. The maximum atomic E-state index is 13.2. The summed E-state index contributed by atoms with van der Waals surface area (Å²) in [5.74, 6) is 1.04. The summed E-state index contributed by atoms with van der Waals surface area (Å²) in [6, 6.07) is 16.6. The molecule has 0 spiro atoms. The monoisotopic (exact) mass is 474 g/mol. The number of nitrogens with one attached hydrogen (secondary N) is 1. The Kier molecular flexibility index (Phi) is 5.16. The first-order valence-electron chi connectivity index (χ1n) is 8.44. The van der Waals surface area contributed by atoms with E-state index in [1.165, 1.54) is 18.4 Å². The topological polar surface area (TPSA) is 94.6 Å². The van der Waals surface area contributed by atoms with Crippen LogP contribution in [0.1, 0.15) is 0 Å². The minimum Gasteiger partial charge on any atom is -0.497 e. The van der Waals surface area contributed by atoms with Crippen LogP contribution in [0.25, 0.3) is 11.7 Å². The summed E-state index contributed by atoms with van der Waals surface area (Å²) in [5, 5.41) is 2.74. The molecule has 0 aliphatic rings. The molecule has 1 N–H and O–H groups in total. The average molecular weight is 475 g/mol. The molecule has 0 aliphatic heterocycles. The molecule has 148 valence electrons. The van der Waals surface area contributed by atoms with Crippen LogP contribution < -0.4 is 10.1 Å². The van der Waals surface area contributed by atoms with E-state index in [0.29, 0.717) is 17.2 Å². The van der Waals surface area contributed by atoms with Gasteiger partial charge in [-0.3, -0.25) is 0 Å². The smallest absolute Gasteiger partial charge is 0.266 e. The Hall–Kier alpha value is -3.04. The zero-order valence-electron chi connectivity index (χ0n) is 15.1. The number of benzene rings is 2. The molecule has 0 saturated carbocycles. The van der Waals surface area contributed by atoms with Gasteiger partial charge in [0, 0.05) is 10.2 Å². The number of anilines is 2. The van der Waals surface area contributed by atoms with Crippen molar-refractivity contribution in [3.63, 3.8) is 0 Å². The van der Waals surface area contributed by atoms with E-state index in [2.05, 4.69) is 26.2 Å². The number of hydrogen-bond donors (Lipinski definition) is 1. The number of halogens is 1. The number of nitrogens with zero attached hydrogens (tertiary/aromatic N) is 1. The molecule has 0 saturated heterocycles. The number of furan rings is 1. The van der Waals surface area contributed by atoms with E-state index in [1.54, 1.807) is 55.6 Å². The second-order valence-corrected chi connectivity index (χ2v) is 8.72. The molecule has 29 heavy (non-hydrogen) atoms. The van der Waals surface area contributed by atoms with Crippen molar-refractivity contribution in [2.75, 3.05) is 12.4 Å². The largest absolute Gasteiger partial charge is 0.497 e. The minimum atomic E-state index is -3.94. The van der Waals surface area contributed by atoms with Crippen LogP contribution in [-0.2, 0) is 9.84 Å². The quantitative estimate of drug-likeness (QED) is 0.405. The highest BCUT2D eigenvalue weighted by Crippen LogP contribution is 2.34. The van der Waals surface area contributed by atoms with Crippen molar-refractivity contribution < 1.29 is 22.0 Å². The molecule has 0 amide bonds. The molecule has 2 aromatic carbocycles. The van der Waals surface area contributed by atoms with Crippen molar-refractivity contribution >= 4 is 37.3 Å². The lowest BCUT2D eigenvalue weighted by atomic mass is 10.3. The number of oxazole rings is 1. The lowest BCUT2D eigenvalue weighted by Crippen LogP contribution is -2.05. The van der Waals surface area contributed by atoms with Crippen LogP contribution in [0.4, 0.5) is 11.6 Å². The minimum absolute atomic E-state index is 0.00974. The van der Waals surface area contributed by atoms with Gasteiger partial charge in [-0.1, -0.05) is 15.9 Å². The van der Waals surface area contributed by atoms with Crippen LogP contribution in [-0.4, -0.2) is 20.5 Å². The summed E-state index contributed by atoms with van der Waals surface area (Å²) in [5.41, 5.74) is 0.611. The van der Waals surface area contributed by atoms with Crippen LogP contribution in [0.3, 0.4) is 0 Å². The summed E-state index contributed by atoms with van der Waals surface area (Å²) in [7, 11) is -2.38. The third-order valence-corrected chi connectivity index (χ3v) is 6.26. The number of methoxy groups -OCH3 is 1. The number of ether oxygens (including phenoxy) is 1. The van der Waals surface area contributed by atoms with Gasteiger partial charge in [0.15, 0.2) is 5.76 Å². The van der Waals surface area contributed by atoms with Crippen molar-refractivity contribution in [3.05, 3.63) is 71.4 Å². The Morgan fingerprint density at radius 2 is 1.76 bits per heavy atom. The molecular weight excluding hydrogens is 460 g/mol. The van der Waals surface area contributed by atoms with Gasteiger partial charge in [0.25, 0.3) is 5.89 Å². The Labute approximate surface area is 175 Å². The molecule has 2 heterocycles. The molecule has 0 bridgehead atoms. The fourth-order valence-corrected chi connectivity index (χ4v) is 4.13. The summed E-state index contributed by atoms with van der Waals surface area (Å²) < 4.78 is 43.3. The highest BCUT2D eigenvalue weighted by molar-refractivity contribution is 9.10. The zero-order valence-corrected chi connectivity index (χ0v) is 17.5. The molecule has 0 atom stereocenters.